The SMILES string of the molecule is CCCCCCCCCCSc1ccccc1/N=C\c1ccccc1O. The first-order valence-electron chi connectivity index (χ1n) is 9.85. The van der Waals surface area contributed by atoms with Crippen molar-refractivity contribution in [3.63, 3.8) is 0 Å². The third-order valence-corrected chi connectivity index (χ3v) is 5.55. The molecule has 1 N–H and O–H groups in total. The van der Waals surface area contributed by atoms with E-state index in [1.807, 2.05) is 42.1 Å². The number of phenols is 1. The maximum Gasteiger partial charge on any atom is 0.124 e. The van der Waals surface area contributed by atoms with E-state index in [0.717, 1.165) is 17.0 Å². The number of thioether (sulfide) groups is 1. The minimum Gasteiger partial charge on any atom is -0.507 e. The molecular formula is C23H31NOS. The van der Waals surface area contributed by atoms with Gasteiger partial charge in [0.2, 0.25) is 0 Å². The molecule has 2 nitrogen and oxygen atoms in total. The number of benzene rings is 2. The van der Waals surface area contributed by atoms with E-state index in [0.29, 0.717) is 0 Å². The maximum atomic E-state index is 9.85. The van der Waals surface area contributed by atoms with Crippen LogP contribution in [0.4, 0.5) is 5.69 Å². The zero-order chi connectivity index (χ0) is 18.5. The summed E-state index contributed by atoms with van der Waals surface area (Å²) in [6.45, 7) is 2.27. The lowest BCUT2D eigenvalue weighted by Gasteiger charge is -2.06. The van der Waals surface area contributed by atoms with Gasteiger partial charge in [0.15, 0.2) is 0 Å². The average molecular weight is 370 g/mol. The standard InChI is InChI=1S/C23H31NOS/c1-2-3-4-5-6-7-8-13-18-26-23-17-12-10-15-21(23)24-19-20-14-9-11-16-22(20)25/h9-12,14-17,19,25H,2-8,13,18H2,1H3/b24-19-. The Kier molecular flexibility index (Phi) is 9.96. The summed E-state index contributed by atoms with van der Waals surface area (Å²) in [5.41, 5.74) is 1.72. The normalized spacial score (nSPS) is 11.3. The van der Waals surface area contributed by atoms with E-state index in [9.17, 15) is 5.11 Å². The summed E-state index contributed by atoms with van der Waals surface area (Å²) in [6, 6.07) is 15.5. The van der Waals surface area contributed by atoms with Crippen LogP contribution in [0, 0.1) is 0 Å². The van der Waals surface area contributed by atoms with Crippen LogP contribution in [0.15, 0.2) is 58.4 Å². The molecule has 2 aromatic rings. The Labute approximate surface area is 162 Å². The third kappa shape index (κ3) is 7.65. The van der Waals surface area contributed by atoms with Crippen LogP contribution in [0.5, 0.6) is 5.75 Å². The molecule has 26 heavy (non-hydrogen) atoms. The largest absolute Gasteiger partial charge is 0.507 e. The van der Waals surface area contributed by atoms with Gasteiger partial charge < -0.3 is 5.11 Å². The predicted molar refractivity (Wildman–Crippen MR) is 115 cm³/mol. The number of nitrogens with zero attached hydrogens (tertiary/aromatic N) is 1. The molecule has 0 fully saturated rings. The van der Waals surface area contributed by atoms with Crippen molar-refractivity contribution in [2.24, 2.45) is 4.99 Å². The molecule has 0 saturated carbocycles. The molecule has 0 amide bonds. The summed E-state index contributed by atoms with van der Waals surface area (Å²) < 4.78 is 0. The first-order chi connectivity index (χ1) is 12.8. The Morgan fingerprint density at radius 1 is 0.846 bits per heavy atom. The van der Waals surface area contributed by atoms with Crippen LogP contribution in [-0.4, -0.2) is 17.1 Å². The smallest absolute Gasteiger partial charge is 0.124 e. The van der Waals surface area contributed by atoms with Crippen LogP contribution in [0.1, 0.15) is 63.9 Å². The van der Waals surface area contributed by atoms with Gasteiger partial charge in [0, 0.05) is 16.7 Å². The minimum atomic E-state index is 0.264. The fourth-order valence-electron chi connectivity index (χ4n) is 2.84. The molecule has 0 aliphatic rings. The summed E-state index contributed by atoms with van der Waals surface area (Å²) in [5.74, 6) is 1.40. The Hall–Kier alpha value is -1.74. The molecular weight excluding hydrogens is 338 g/mol. The van der Waals surface area contributed by atoms with E-state index < -0.39 is 0 Å². The van der Waals surface area contributed by atoms with Crippen LogP contribution in [0.25, 0.3) is 0 Å². The second-order valence-electron chi connectivity index (χ2n) is 6.61. The van der Waals surface area contributed by atoms with Crippen molar-refractivity contribution >= 4 is 23.7 Å². The van der Waals surface area contributed by atoms with Crippen LogP contribution in [0.3, 0.4) is 0 Å². The van der Waals surface area contributed by atoms with Gasteiger partial charge in [-0.15, -0.1) is 11.8 Å². The van der Waals surface area contributed by atoms with Crippen molar-refractivity contribution in [2.75, 3.05) is 5.75 Å². The molecule has 0 atom stereocenters. The van der Waals surface area contributed by atoms with Crippen molar-refractivity contribution in [3.05, 3.63) is 54.1 Å². The Morgan fingerprint density at radius 3 is 2.27 bits per heavy atom. The molecule has 0 bridgehead atoms. The molecule has 0 radical (unpaired) electrons. The minimum absolute atomic E-state index is 0.264. The first-order valence-corrected chi connectivity index (χ1v) is 10.8. The molecule has 3 heteroatoms. The molecule has 0 unspecified atom stereocenters. The number of phenolic OH excluding ortho intramolecular Hbond substituents is 1. The van der Waals surface area contributed by atoms with Crippen molar-refractivity contribution in [1.29, 1.82) is 0 Å². The van der Waals surface area contributed by atoms with Crippen molar-refractivity contribution in [3.8, 4) is 5.75 Å². The molecule has 0 spiro atoms. The molecule has 2 rings (SSSR count). The zero-order valence-electron chi connectivity index (χ0n) is 15.9. The van der Waals surface area contributed by atoms with Gasteiger partial charge in [0.05, 0.1) is 5.69 Å². The van der Waals surface area contributed by atoms with Crippen LogP contribution < -0.4 is 0 Å². The van der Waals surface area contributed by atoms with E-state index in [1.54, 1.807) is 12.3 Å². The number of hydrogen-bond acceptors (Lipinski definition) is 3. The monoisotopic (exact) mass is 369 g/mol. The number of aliphatic imine (C=N–C) groups is 1. The third-order valence-electron chi connectivity index (χ3n) is 4.40. The number of unbranched alkanes of at least 4 members (excludes halogenated alkanes) is 7. The molecule has 0 aliphatic heterocycles. The second-order valence-corrected chi connectivity index (χ2v) is 7.74. The van der Waals surface area contributed by atoms with Crippen LogP contribution >= 0.6 is 11.8 Å². The topological polar surface area (TPSA) is 32.6 Å². The molecule has 2 aromatic carbocycles. The Bertz CT molecular complexity index is 669. The molecule has 0 heterocycles. The summed E-state index contributed by atoms with van der Waals surface area (Å²) in [5, 5.41) is 9.85. The zero-order valence-corrected chi connectivity index (χ0v) is 16.7. The Morgan fingerprint density at radius 2 is 1.50 bits per heavy atom. The van der Waals surface area contributed by atoms with Crippen molar-refractivity contribution < 1.29 is 5.11 Å². The molecule has 140 valence electrons. The summed E-state index contributed by atoms with van der Waals surface area (Å²) in [7, 11) is 0. The lowest BCUT2D eigenvalue weighted by molar-refractivity contribution is 0.474. The fourth-order valence-corrected chi connectivity index (χ4v) is 3.85. The first kappa shape index (κ1) is 20.6. The van der Waals surface area contributed by atoms with Gasteiger partial charge in [0.25, 0.3) is 0 Å². The van der Waals surface area contributed by atoms with Gasteiger partial charge in [-0.1, -0.05) is 76.1 Å². The van der Waals surface area contributed by atoms with Crippen molar-refractivity contribution in [1.82, 2.24) is 0 Å². The van der Waals surface area contributed by atoms with E-state index in [1.165, 1.54) is 56.3 Å². The van der Waals surface area contributed by atoms with E-state index in [-0.39, 0.29) is 5.75 Å². The highest BCUT2D eigenvalue weighted by molar-refractivity contribution is 7.99. The van der Waals surface area contributed by atoms with Gasteiger partial charge in [-0.05, 0) is 36.4 Å². The van der Waals surface area contributed by atoms with E-state index in [2.05, 4.69) is 24.0 Å². The predicted octanol–water partition coefficient (Wildman–Crippen LogP) is 7.38. The Balaban J connectivity index is 1.76. The van der Waals surface area contributed by atoms with Crippen LogP contribution in [0.2, 0.25) is 0 Å². The maximum absolute atomic E-state index is 9.85. The number of para-hydroxylation sites is 2. The number of aromatic hydroxyl groups is 1. The van der Waals surface area contributed by atoms with Gasteiger partial charge in [-0.2, -0.15) is 0 Å². The quantitative estimate of drug-likeness (QED) is 0.240. The van der Waals surface area contributed by atoms with Crippen LogP contribution in [-0.2, 0) is 0 Å². The summed E-state index contributed by atoms with van der Waals surface area (Å²) in [4.78, 5) is 5.80. The highest BCUT2D eigenvalue weighted by Gasteiger charge is 2.02. The van der Waals surface area contributed by atoms with E-state index in [4.69, 9.17) is 0 Å². The molecule has 0 aromatic heterocycles. The lowest BCUT2D eigenvalue weighted by Crippen LogP contribution is -1.85. The van der Waals surface area contributed by atoms with Crippen molar-refractivity contribution in [2.45, 2.75) is 63.2 Å². The average Bonchev–Trinajstić information content (AvgIpc) is 2.67. The lowest BCUT2D eigenvalue weighted by atomic mass is 10.1. The fraction of sp³-hybridized carbons (Fsp3) is 0.435. The van der Waals surface area contributed by atoms with Gasteiger partial charge >= 0.3 is 0 Å². The highest BCUT2D eigenvalue weighted by Crippen LogP contribution is 2.30. The second kappa shape index (κ2) is 12.6. The highest BCUT2D eigenvalue weighted by atomic mass is 32.2. The molecule has 0 saturated heterocycles. The summed E-state index contributed by atoms with van der Waals surface area (Å²) >= 11 is 1.88. The number of hydrogen-bond donors (Lipinski definition) is 1. The summed E-state index contributed by atoms with van der Waals surface area (Å²) in [6.07, 6.45) is 12.6. The molecule has 0 aliphatic carbocycles. The van der Waals surface area contributed by atoms with Gasteiger partial charge in [0.1, 0.15) is 5.75 Å². The number of rotatable bonds is 12. The van der Waals surface area contributed by atoms with Gasteiger partial charge in [-0.3, -0.25) is 4.99 Å². The van der Waals surface area contributed by atoms with E-state index >= 15 is 0 Å². The van der Waals surface area contributed by atoms with Gasteiger partial charge in [-0.25, -0.2) is 0 Å².